The van der Waals surface area contributed by atoms with Gasteiger partial charge in [-0.05, 0) is 97.3 Å². The van der Waals surface area contributed by atoms with E-state index in [-0.39, 0.29) is 18.1 Å². The van der Waals surface area contributed by atoms with Gasteiger partial charge in [-0.2, -0.15) is 0 Å². The lowest BCUT2D eigenvalue weighted by Gasteiger charge is -2.38. The Kier molecular flexibility index (Phi) is 8.13. The van der Waals surface area contributed by atoms with Crippen molar-refractivity contribution in [3.05, 3.63) is 82.4 Å². The summed E-state index contributed by atoms with van der Waals surface area (Å²) in [4.78, 5) is 15.6. The van der Waals surface area contributed by atoms with Crippen LogP contribution < -0.4 is 19.7 Å². The van der Waals surface area contributed by atoms with Crippen LogP contribution in [0.5, 0.6) is 11.5 Å². The van der Waals surface area contributed by atoms with Crippen LogP contribution in [0.25, 0.3) is 0 Å². The topological polar surface area (TPSA) is 50.8 Å². The van der Waals surface area contributed by atoms with E-state index in [1.807, 2.05) is 54.3 Å². The molecule has 0 bridgehead atoms. The number of carbonyl (C=O) groups is 1. The third-order valence-corrected chi connectivity index (χ3v) is 8.14. The van der Waals surface area contributed by atoms with Crippen LogP contribution in [0.1, 0.15) is 68.7 Å². The van der Waals surface area contributed by atoms with Gasteiger partial charge in [0.2, 0.25) is 5.91 Å². The number of anilines is 2. The first-order valence-corrected chi connectivity index (χ1v) is 14.1. The lowest BCUT2D eigenvalue weighted by molar-refractivity contribution is -0.118. The summed E-state index contributed by atoms with van der Waals surface area (Å²) in [5.41, 5.74) is 4.94. The quantitative estimate of drug-likeness (QED) is 0.305. The number of nitrogens with one attached hydrogen (secondary N) is 1. The zero-order valence-corrected chi connectivity index (χ0v) is 23.3. The van der Waals surface area contributed by atoms with Crippen LogP contribution in [0.4, 0.5) is 11.4 Å². The summed E-state index contributed by atoms with van der Waals surface area (Å²) in [7, 11) is 1.64. The van der Waals surface area contributed by atoms with Gasteiger partial charge in [-0.15, -0.1) is 0 Å². The van der Waals surface area contributed by atoms with E-state index in [9.17, 15) is 4.79 Å². The number of hydrogen-bond acceptors (Lipinski definition) is 4. The van der Waals surface area contributed by atoms with E-state index in [2.05, 4.69) is 30.4 Å². The minimum Gasteiger partial charge on any atom is -0.493 e. The maximum atomic E-state index is 13.7. The Morgan fingerprint density at radius 1 is 1.03 bits per heavy atom. The summed E-state index contributed by atoms with van der Waals surface area (Å²) in [6.07, 6.45) is 6.51. The van der Waals surface area contributed by atoms with Crippen LogP contribution in [-0.4, -0.2) is 25.7 Å². The molecule has 3 aromatic rings. The number of rotatable bonds is 9. The molecule has 1 N–H and O–H groups in total. The second-order valence-electron chi connectivity index (χ2n) is 10.5. The Hall–Kier alpha value is -3.18. The molecule has 1 amide bonds. The molecule has 0 aromatic heterocycles. The molecule has 5 nitrogen and oxygen atoms in total. The molecule has 1 fully saturated rings. The summed E-state index contributed by atoms with van der Waals surface area (Å²) in [6.45, 7) is 5.15. The molecular weight excluding hydrogens is 496 g/mol. The van der Waals surface area contributed by atoms with Crippen LogP contribution >= 0.6 is 11.6 Å². The van der Waals surface area contributed by atoms with Crippen LogP contribution in [0.15, 0.2) is 60.7 Å². The molecule has 0 saturated heterocycles. The van der Waals surface area contributed by atoms with Crippen molar-refractivity contribution in [3.8, 4) is 11.5 Å². The molecule has 200 valence electrons. The fourth-order valence-electron chi connectivity index (χ4n) is 5.59. The first-order valence-electron chi connectivity index (χ1n) is 13.8. The van der Waals surface area contributed by atoms with Crippen LogP contribution in [0.2, 0.25) is 5.02 Å². The predicted molar refractivity (Wildman–Crippen MR) is 155 cm³/mol. The molecule has 5 rings (SSSR count). The Bertz CT molecular complexity index is 1250. The number of hydrogen-bond donors (Lipinski definition) is 1. The Balaban J connectivity index is 1.52. The minimum absolute atomic E-state index is 0.0431. The average molecular weight is 533 g/mol. The SMILES string of the molecule is CCC(C)Oc1cc2c(cc1OC)CC(=O)N(c1ccc(NCC3CCCC3)cc1)C2c1ccc(Cl)cc1. The van der Waals surface area contributed by atoms with E-state index in [1.165, 1.54) is 25.7 Å². The van der Waals surface area contributed by atoms with Gasteiger partial charge in [-0.3, -0.25) is 4.79 Å². The zero-order chi connectivity index (χ0) is 26.6. The zero-order valence-electron chi connectivity index (χ0n) is 22.5. The molecule has 38 heavy (non-hydrogen) atoms. The maximum absolute atomic E-state index is 13.7. The van der Waals surface area contributed by atoms with Crippen molar-refractivity contribution in [1.29, 1.82) is 0 Å². The highest BCUT2D eigenvalue weighted by Crippen LogP contribution is 2.44. The van der Waals surface area contributed by atoms with E-state index >= 15 is 0 Å². The highest BCUT2D eigenvalue weighted by atomic mass is 35.5. The highest BCUT2D eigenvalue weighted by Gasteiger charge is 2.36. The molecule has 1 aliphatic heterocycles. The summed E-state index contributed by atoms with van der Waals surface area (Å²) >= 11 is 6.24. The van der Waals surface area contributed by atoms with Crippen molar-refractivity contribution >= 4 is 28.9 Å². The van der Waals surface area contributed by atoms with Crippen molar-refractivity contribution in [1.82, 2.24) is 0 Å². The molecule has 2 aliphatic rings. The van der Waals surface area contributed by atoms with Crippen molar-refractivity contribution in [2.75, 3.05) is 23.9 Å². The number of halogens is 1. The fourth-order valence-corrected chi connectivity index (χ4v) is 5.72. The number of benzene rings is 3. The van der Waals surface area contributed by atoms with E-state index in [0.717, 1.165) is 46.9 Å². The van der Waals surface area contributed by atoms with Gasteiger partial charge >= 0.3 is 0 Å². The molecule has 2 atom stereocenters. The van der Waals surface area contributed by atoms with Gasteiger partial charge in [0.25, 0.3) is 0 Å². The van der Waals surface area contributed by atoms with Crippen molar-refractivity contribution in [3.63, 3.8) is 0 Å². The standard InChI is InChI=1S/C32H37ClN2O3/c1-4-21(2)38-30-19-28-24(17-29(30)37-3)18-31(36)35(32(28)23-9-11-25(33)12-10-23)27-15-13-26(14-16-27)34-20-22-7-5-6-8-22/h9-17,19,21-22,32,34H,4-8,18,20H2,1-3H3. The molecule has 3 aromatic carbocycles. The fraction of sp³-hybridized carbons (Fsp3) is 0.406. The number of carbonyl (C=O) groups excluding carboxylic acids is 1. The average Bonchev–Trinajstić information content (AvgIpc) is 3.46. The molecule has 2 unspecified atom stereocenters. The third kappa shape index (κ3) is 5.63. The lowest BCUT2D eigenvalue weighted by atomic mass is 9.86. The molecule has 1 saturated carbocycles. The molecule has 0 spiro atoms. The molecular formula is C32H37ClN2O3. The van der Waals surface area contributed by atoms with Crippen LogP contribution in [0.3, 0.4) is 0 Å². The third-order valence-electron chi connectivity index (χ3n) is 7.89. The van der Waals surface area contributed by atoms with Crippen molar-refractivity contribution in [2.24, 2.45) is 5.92 Å². The molecule has 6 heteroatoms. The van der Waals surface area contributed by atoms with Crippen LogP contribution in [0, 0.1) is 5.92 Å². The molecule has 0 radical (unpaired) electrons. The minimum atomic E-state index is -0.314. The summed E-state index contributed by atoms with van der Waals surface area (Å²) in [5.74, 6) is 2.15. The number of nitrogens with zero attached hydrogens (tertiary/aromatic N) is 1. The Morgan fingerprint density at radius 2 is 1.74 bits per heavy atom. The Labute approximate surface area is 231 Å². The molecule has 1 aliphatic carbocycles. The van der Waals surface area contributed by atoms with Gasteiger partial charge in [0.05, 0.1) is 25.7 Å². The van der Waals surface area contributed by atoms with E-state index < -0.39 is 0 Å². The van der Waals surface area contributed by atoms with Crippen molar-refractivity contribution in [2.45, 2.75) is 64.5 Å². The van der Waals surface area contributed by atoms with E-state index in [1.54, 1.807) is 7.11 Å². The largest absolute Gasteiger partial charge is 0.493 e. The first kappa shape index (κ1) is 26.4. The number of methoxy groups -OCH3 is 1. The van der Waals surface area contributed by atoms with Gasteiger partial charge < -0.3 is 19.7 Å². The lowest BCUT2D eigenvalue weighted by Crippen LogP contribution is -2.41. The molecule has 1 heterocycles. The summed E-state index contributed by atoms with van der Waals surface area (Å²) in [5, 5.41) is 4.25. The number of amides is 1. The van der Waals surface area contributed by atoms with Gasteiger partial charge in [0.15, 0.2) is 11.5 Å². The summed E-state index contributed by atoms with van der Waals surface area (Å²) in [6, 6.07) is 19.7. The van der Waals surface area contributed by atoms with Crippen LogP contribution in [-0.2, 0) is 11.2 Å². The highest BCUT2D eigenvalue weighted by molar-refractivity contribution is 6.30. The number of ether oxygens (including phenoxy) is 2. The monoisotopic (exact) mass is 532 g/mol. The smallest absolute Gasteiger partial charge is 0.232 e. The first-order chi connectivity index (χ1) is 18.5. The van der Waals surface area contributed by atoms with Crippen molar-refractivity contribution < 1.29 is 14.3 Å². The van der Waals surface area contributed by atoms with Gasteiger partial charge in [0, 0.05) is 22.9 Å². The number of fused-ring (bicyclic) bond motifs is 1. The van der Waals surface area contributed by atoms with E-state index in [4.69, 9.17) is 21.1 Å². The second kappa shape index (κ2) is 11.7. The Morgan fingerprint density at radius 3 is 2.39 bits per heavy atom. The van der Waals surface area contributed by atoms with Gasteiger partial charge in [-0.1, -0.05) is 43.5 Å². The second-order valence-corrected chi connectivity index (χ2v) is 10.9. The van der Waals surface area contributed by atoms with E-state index in [0.29, 0.717) is 22.9 Å². The van der Waals surface area contributed by atoms with Gasteiger partial charge in [0.1, 0.15) is 0 Å². The normalized spacial score (nSPS) is 18.3. The summed E-state index contributed by atoms with van der Waals surface area (Å²) < 4.78 is 11.9. The predicted octanol–water partition coefficient (Wildman–Crippen LogP) is 7.81. The van der Waals surface area contributed by atoms with Gasteiger partial charge in [-0.25, -0.2) is 0 Å². The maximum Gasteiger partial charge on any atom is 0.232 e.